The normalized spacial score (nSPS) is 12.0. The van der Waals surface area contributed by atoms with Crippen molar-refractivity contribution in [3.63, 3.8) is 0 Å². The number of esters is 1. The van der Waals surface area contributed by atoms with Crippen LogP contribution in [0.2, 0.25) is 0 Å². The van der Waals surface area contributed by atoms with Crippen LogP contribution in [-0.2, 0) is 19.6 Å². The van der Waals surface area contributed by atoms with E-state index in [1.165, 1.54) is 43.1 Å². The standard InChI is InChI=1S/C25H26N2O5S/c1-18-13-15-22(16-14-18)27(4)33(30,31)23-12-8-9-20(17-23)25(29)32-19(2)24(28)26(3)21-10-6-5-7-11-21/h5-17,19H,1-4H3/t19-/m1/s1. The second-order valence-corrected chi connectivity index (χ2v) is 9.59. The molecule has 0 aliphatic rings. The lowest BCUT2D eigenvalue weighted by atomic mass is 10.2. The summed E-state index contributed by atoms with van der Waals surface area (Å²) in [6, 6.07) is 21.6. The number of sulfonamides is 1. The van der Waals surface area contributed by atoms with Gasteiger partial charge in [0.2, 0.25) is 0 Å². The average Bonchev–Trinajstić information content (AvgIpc) is 2.83. The number of amides is 1. The van der Waals surface area contributed by atoms with Crippen LogP contribution in [0.25, 0.3) is 0 Å². The summed E-state index contributed by atoms with van der Waals surface area (Å²) in [4.78, 5) is 26.7. The van der Waals surface area contributed by atoms with Gasteiger partial charge < -0.3 is 9.64 Å². The van der Waals surface area contributed by atoms with Gasteiger partial charge in [-0.15, -0.1) is 0 Å². The lowest BCUT2D eigenvalue weighted by Gasteiger charge is -2.22. The van der Waals surface area contributed by atoms with Gasteiger partial charge >= 0.3 is 5.97 Å². The van der Waals surface area contributed by atoms with Crippen molar-refractivity contribution in [3.05, 3.63) is 90.0 Å². The fraction of sp³-hybridized carbons (Fsp3) is 0.200. The number of benzene rings is 3. The Morgan fingerprint density at radius 3 is 2.12 bits per heavy atom. The maximum Gasteiger partial charge on any atom is 0.338 e. The molecule has 0 unspecified atom stereocenters. The first-order valence-corrected chi connectivity index (χ1v) is 11.7. The minimum absolute atomic E-state index is 0.0374. The number of hydrogen-bond donors (Lipinski definition) is 0. The van der Waals surface area contributed by atoms with E-state index in [0.717, 1.165) is 9.87 Å². The molecule has 3 aromatic carbocycles. The van der Waals surface area contributed by atoms with Crippen molar-refractivity contribution in [1.29, 1.82) is 0 Å². The Bertz CT molecular complexity index is 1240. The molecule has 33 heavy (non-hydrogen) atoms. The lowest BCUT2D eigenvalue weighted by molar-refractivity contribution is -0.126. The van der Waals surface area contributed by atoms with Gasteiger partial charge in [-0.25, -0.2) is 13.2 Å². The molecule has 0 bridgehead atoms. The average molecular weight is 467 g/mol. The summed E-state index contributed by atoms with van der Waals surface area (Å²) < 4.78 is 32.6. The van der Waals surface area contributed by atoms with Crippen molar-refractivity contribution in [2.24, 2.45) is 0 Å². The number of carbonyl (C=O) groups excluding carboxylic acids is 2. The van der Waals surface area contributed by atoms with E-state index in [1.807, 2.05) is 25.1 Å². The monoisotopic (exact) mass is 466 g/mol. The zero-order valence-electron chi connectivity index (χ0n) is 18.9. The number of ether oxygens (including phenoxy) is 1. The van der Waals surface area contributed by atoms with Gasteiger partial charge in [-0.05, 0) is 56.3 Å². The Morgan fingerprint density at radius 1 is 0.848 bits per heavy atom. The quantitative estimate of drug-likeness (QED) is 0.491. The van der Waals surface area contributed by atoms with Crippen LogP contribution in [-0.4, -0.2) is 40.5 Å². The Morgan fingerprint density at radius 2 is 1.48 bits per heavy atom. The Labute approximate surface area is 194 Å². The van der Waals surface area contributed by atoms with Crippen LogP contribution in [0.3, 0.4) is 0 Å². The maximum atomic E-state index is 13.1. The number of likely N-dealkylation sites (N-methyl/N-ethyl adjacent to an activating group) is 1. The zero-order valence-corrected chi connectivity index (χ0v) is 19.7. The molecule has 0 N–H and O–H groups in total. The SMILES string of the molecule is Cc1ccc(N(C)S(=O)(=O)c2cccc(C(=O)O[C@H](C)C(=O)N(C)c3ccccc3)c2)cc1. The van der Waals surface area contributed by atoms with E-state index in [0.29, 0.717) is 11.4 Å². The minimum atomic E-state index is -3.90. The van der Waals surface area contributed by atoms with Crippen molar-refractivity contribution < 1.29 is 22.7 Å². The first-order chi connectivity index (χ1) is 15.6. The van der Waals surface area contributed by atoms with E-state index in [4.69, 9.17) is 4.74 Å². The van der Waals surface area contributed by atoms with Gasteiger partial charge in [0.25, 0.3) is 15.9 Å². The van der Waals surface area contributed by atoms with Gasteiger partial charge in [0.15, 0.2) is 6.10 Å². The van der Waals surface area contributed by atoms with E-state index < -0.39 is 28.0 Å². The highest BCUT2D eigenvalue weighted by atomic mass is 32.2. The van der Waals surface area contributed by atoms with Gasteiger partial charge in [0.05, 0.1) is 16.1 Å². The molecule has 0 aromatic heterocycles. The molecule has 0 aliphatic heterocycles. The van der Waals surface area contributed by atoms with Crippen LogP contribution in [0.15, 0.2) is 83.8 Å². The number of hydrogen-bond acceptors (Lipinski definition) is 5. The molecule has 0 spiro atoms. The van der Waals surface area contributed by atoms with Crippen molar-refractivity contribution in [1.82, 2.24) is 0 Å². The second-order valence-electron chi connectivity index (χ2n) is 7.62. The molecule has 0 saturated heterocycles. The molecule has 0 fully saturated rings. The highest BCUT2D eigenvalue weighted by Crippen LogP contribution is 2.23. The van der Waals surface area contributed by atoms with Crippen LogP contribution in [0.1, 0.15) is 22.8 Å². The predicted molar refractivity (Wildman–Crippen MR) is 128 cm³/mol. The fourth-order valence-electron chi connectivity index (χ4n) is 3.17. The lowest BCUT2D eigenvalue weighted by Crippen LogP contribution is -2.37. The van der Waals surface area contributed by atoms with Crippen LogP contribution in [0.5, 0.6) is 0 Å². The summed E-state index contributed by atoms with van der Waals surface area (Å²) in [6.45, 7) is 3.39. The van der Waals surface area contributed by atoms with Crippen LogP contribution in [0.4, 0.5) is 11.4 Å². The van der Waals surface area contributed by atoms with E-state index in [2.05, 4.69) is 0 Å². The highest BCUT2D eigenvalue weighted by Gasteiger charge is 2.25. The van der Waals surface area contributed by atoms with E-state index >= 15 is 0 Å². The molecule has 0 radical (unpaired) electrons. The molecule has 1 atom stereocenters. The van der Waals surface area contributed by atoms with Gasteiger partial charge in [0.1, 0.15) is 0 Å². The number of anilines is 2. The van der Waals surface area contributed by atoms with E-state index in [9.17, 15) is 18.0 Å². The molecular formula is C25H26N2O5S. The van der Waals surface area contributed by atoms with Gasteiger partial charge in [-0.3, -0.25) is 9.10 Å². The Kier molecular flexibility index (Phi) is 7.18. The fourth-order valence-corrected chi connectivity index (χ4v) is 4.41. The number of carbonyl (C=O) groups is 2. The van der Waals surface area contributed by atoms with Gasteiger partial charge in [-0.2, -0.15) is 0 Å². The summed E-state index contributed by atoms with van der Waals surface area (Å²) in [5, 5.41) is 0. The molecular weight excluding hydrogens is 440 g/mol. The van der Waals surface area contributed by atoms with Crippen LogP contribution in [0, 0.1) is 6.92 Å². The van der Waals surface area contributed by atoms with Gasteiger partial charge in [0, 0.05) is 19.8 Å². The van der Waals surface area contributed by atoms with E-state index in [1.54, 1.807) is 43.4 Å². The number of rotatable bonds is 7. The highest BCUT2D eigenvalue weighted by molar-refractivity contribution is 7.92. The third kappa shape index (κ3) is 5.40. The predicted octanol–water partition coefficient (Wildman–Crippen LogP) is 4.03. The van der Waals surface area contributed by atoms with Crippen LogP contribution >= 0.6 is 0 Å². The molecule has 0 heterocycles. The summed E-state index contributed by atoms with van der Waals surface area (Å²) in [6.07, 6.45) is -1.06. The Balaban J connectivity index is 1.76. The molecule has 0 saturated carbocycles. The minimum Gasteiger partial charge on any atom is -0.449 e. The summed E-state index contributed by atoms with van der Waals surface area (Å²) in [5.41, 5.74) is 2.21. The molecule has 1 amide bonds. The molecule has 8 heteroatoms. The second kappa shape index (κ2) is 9.87. The molecule has 3 aromatic rings. The smallest absolute Gasteiger partial charge is 0.338 e. The summed E-state index contributed by atoms with van der Waals surface area (Å²) >= 11 is 0. The van der Waals surface area contributed by atoms with E-state index in [-0.39, 0.29) is 10.5 Å². The molecule has 0 aliphatic carbocycles. The number of aryl methyl sites for hydroxylation is 1. The molecule has 7 nitrogen and oxygen atoms in total. The summed E-state index contributed by atoms with van der Waals surface area (Å²) in [5.74, 6) is -1.19. The maximum absolute atomic E-state index is 13.1. The third-order valence-corrected chi connectivity index (χ3v) is 7.01. The van der Waals surface area contributed by atoms with Crippen molar-refractivity contribution in [3.8, 4) is 0 Å². The largest absolute Gasteiger partial charge is 0.449 e. The first-order valence-electron chi connectivity index (χ1n) is 10.3. The number of para-hydroxylation sites is 1. The molecule has 172 valence electrons. The van der Waals surface area contributed by atoms with Crippen LogP contribution < -0.4 is 9.21 Å². The summed E-state index contributed by atoms with van der Waals surface area (Å²) in [7, 11) is -0.862. The zero-order chi connectivity index (χ0) is 24.2. The number of nitrogens with zero attached hydrogens (tertiary/aromatic N) is 2. The first kappa shape index (κ1) is 24.0. The Hall–Kier alpha value is -3.65. The van der Waals surface area contributed by atoms with Crippen molar-refractivity contribution >= 4 is 33.3 Å². The van der Waals surface area contributed by atoms with Crippen molar-refractivity contribution in [2.75, 3.05) is 23.3 Å². The topological polar surface area (TPSA) is 84.0 Å². The molecule has 3 rings (SSSR count). The van der Waals surface area contributed by atoms with Gasteiger partial charge in [-0.1, -0.05) is 42.0 Å². The van der Waals surface area contributed by atoms with Crippen molar-refractivity contribution in [2.45, 2.75) is 24.8 Å². The third-order valence-electron chi connectivity index (χ3n) is 5.23.